The molecule has 1 fully saturated rings. The number of ether oxygens (including phenoxy) is 1. The Morgan fingerprint density at radius 1 is 1.06 bits per heavy atom. The first kappa shape index (κ1) is 24.0. The fraction of sp³-hybridized carbons (Fsp3) is 0.179. The van der Waals surface area contributed by atoms with Crippen LogP contribution in [0.5, 0.6) is 0 Å². The Morgan fingerprint density at radius 3 is 2.36 bits per heavy atom. The lowest BCUT2D eigenvalue weighted by atomic mass is 9.94. The number of hydrogen-bond donors (Lipinski definition) is 2. The highest BCUT2D eigenvalue weighted by Gasteiger charge is 2.51. The third-order valence-corrected chi connectivity index (χ3v) is 7.72. The number of carbonyl (C=O) groups is 2. The van der Waals surface area contributed by atoms with E-state index in [1.165, 1.54) is 11.3 Å². The van der Waals surface area contributed by atoms with Gasteiger partial charge in [0.05, 0.1) is 26.0 Å². The molecule has 8 heteroatoms. The van der Waals surface area contributed by atoms with Gasteiger partial charge in [-0.05, 0) is 49.1 Å². The van der Waals surface area contributed by atoms with Crippen molar-refractivity contribution >= 4 is 40.7 Å². The van der Waals surface area contributed by atoms with Crippen LogP contribution < -0.4 is 5.32 Å². The molecule has 182 valence electrons. The van der Waals surface area contributed by atoms with Gasteiger partial charge in [-0.3, -0.25) is 15.1 Å². The molecule has 5 rings (SSSR count). The van der Waals surface area contributed by atoms with E-state index < -0.39 is 23.6 Å². The number of thiophene rings is 1. The van der Waals surface area contributed by atoms with Crippen LogP contribution in [-0.4, -0.2) is 22.2 Å². The van der Waals surface area contributed by atoms with Gasteiger partial charge in [-0.15, -0.1) is 11.3 Å². The summed E-state index contributed by atoms with van der Waals surface area (Å²) in [7, 11) is 0. The summed E-state index contributed by atoms with van der Waals surface area (Å²) in [6.07, 6.45) is 2.11. The standard InChI is InChI=1S/C28H23ClN2O4S/c1-17(18-5-3-2-4-6-18)35-27(34)31-23-15-24(29)36-25(23)20-9-12-22(30-16-20)19-7-10-21(11-8-19)28(13-14-28)26(32)33/h2-12,15-17H,13-14H2,1H3,(H,31,34)(H,32,33)/t17-/m1/s1. The largest absolute Gasteiger partial charge is 0.481 e. The number of aliphatic carboxylic acids is 1. The Kier molecular flexibility index (Phi) is 6.51. The van der Waals surface area contributed by atoms with Crippen molar-refractivity contribution < 1.29 is 19.4 Å². The second-order valence-corrected chi connectivity index (χ2v) is 10.5. The minimum absolute atomic E-state index is 0.401. The molecule has 1 aliphatic carbocycles. The van der Waals surface area contributed by atoms with Crippen molar-refractivity contribution in [2.24, 2.45) is 0 Å². The lowest BCUT2D eigenvalue weighted by Gasteiger charge is -2.14. The number of benzene rings is 2. The van der Waals surface area contributed by atoms with E-state index in [-0.39, 0.29) is 0 Å². The first-order valence-corrected chi connectivity index (χ1v) is 12.7. The third-order valence-electron chi connectivity index (χ3n) is 6.41. The molecule has 0 spiro atoms. The molecule has 4 aromatic rings. The van der Waals surface area contributed by atoms with Gasteiger partial charge in [0.1, 0.15) is 6.10 Å². The highest BCUT2D eigenvalue weighted by Crippen LogP contribution is 2.48. The molecule has 1 atom stereocenters. The number of amides is 1. The summed E-state index contributed by atoms with van der Waals surface area (Å²) >= 11 is 7.61. The van der Waals surface area contributed by atoms with Crippen LogP contribution in [0.1, 0.15) is 37.0 Å². The second kappa shape index (κ2) is 9.76. The summed E-state index contributed by atoms with van der Waals surface area (Å²) < 4.78 is 6.06. The fourth-order valence-electron chi connectivity index (χ4n) is 4.17. The second-order valence-electron chi connectivity index (χ2n) is 8.77. The van der Waals surface area contributed by atoms with Crippen LogP contribution in [0.4, 0.5) is 10.5 Å². The normalized spacial score (nSPS) is 14.6. The average Bonchev–Trinajstić information content (AvgIpc) is 3.63. The lowest BCUT2D eigenvalue weighted by Crippen LogP contribution is -2.19. The number of pyridine rings is 1. The molecule has 0 aliphatic heterocycles. The Labute approximate surface area is 217 Å². The number of carboxylic acid groups (broad SMARTS) is 1. The van der Waals surface area contributed by atoms with Gasteiger partial charge in [-0.1, -0.05) is 66.2 Å². The van der Waals surface area contributed by atoms with Gasteiger partial charge in [-0.2, -0.15) is 0 Å². The van der Waals surface area contributed by atoms with Gasteiger partial charge in [0.15, 0.2) is 0 Å². The molecule has 1 amide bonds. The predicted octanol–water partition coefficient (Wildman–Crippen LogP) is 7.56. The summed E-state index contributed by atoms with van der Waals surface area (Å²) in [5, 5.41) is 12.3. The molecule has 1 saturated carbocycles. The van der Waals surface area contributed by atoms with E-state index in [1.54, 1.807) is 12.3 Å². The molecule has 0 bridgehead atoms. The van der Waals surface area contributed by atoms with E-state index in [0.29, 0.717) is 22.9 Å². The average molecular weight is 519 g/mol. The molecule has 6 nitrogen and oxygen atoms in total. The highest BCUT2D eigenvalue weighted by atomic mass is 35.5. The molecule has 0 saturated heterocycles. The van der Waals surface area contributed by atoms with E-state index in [4.69, 9.17) is 16.3 Å². The Balaban J connectivity index is 1.30. The van der Waals surface area contributed by atoms with Crippen molar-refractivity contribution in [2.45, 2.75) is 31.3 Å². The van der Waals surface area contributed by atoms with Crippen LogP contribution in [0.25, 0.3) is 21.7 Å². The van der Waals surface area contributed by atoms with Crippen LogP contribution in [0.2, 0.25) is 4.34 Å². The van der Waals surface area contributed by atoms with Gasteiger partial charge < -0.3 is 9.84 Å². The third kappa shape index (κ3) is 4.85. The van der Waals surface area contributed by atoms with Crippen LogP contribution in [0.3, 0.4) is 0 Å². The summed E-state index contributed by atoms with van der Waals surface area (Å²) in [6, 6.07) is 22.6. The molecule has 2 aromatic carbocycles. The smallest absolute Gasteiger partial charge is 0.412 e. The Morgan fingerprint density at radius 2 is 1.75 bits per heavy atom. The molecule has 2 aromatic heterocycles. The molecule has 2 N–H and O–H groups in total. The Bertz CT molecular complexity index is 1400. The van der Waals surface area contributed by atoms with Crippen LogP contribution in [0.15, 0.2) is 79.0 Å². The number of rotatable bonds is 7. The maximum atomic E-state index is 12.5. The lowest BCUT2D eigenvalue weighted by molar-refractivity contribution is -0.140. The quantitative estimate of drug-likeness (QED) is 0.263. The Hall–Kier alpha value is -3.68. The van der Waals surface area contributed by atoms with E-state index >= 15 is 0 Å². The van der Waals surface area contributed by atoms with Crippen LogP contribution >= 0.6 is 22.9 Å². The number of carbonyl (C=O) groups excluding carboxylic acids is 1. The molecule has 0 unspecified atom stereocenters. The zero-order valence-electron chi connectivity index (χ0n) is 19.4. The van der Waals surface area contributed by atoms with E-state index in [1.807, 2.05) is 73.7 Å². The van der Waals surface area contributed by atoms with Crippen molar-refractivity contribution in [1.29, 1.82) is 0 Å². The summed E-state index contributed by atoms with van der Waals surface area (Å²) in [4.78, 5) is 29.5. The van der Waals surface area contributed by atoms with Gasteiger partial charge in [0.25, 0.3) is 0 Å². The van der Waals surface area contributed by atoms with Gasteiger partial charge in [0, 0.05) is 17.3 Å². The molecule has 36 heavy (non-hydrogen) atoms. The minimum atomic E-state index is -0.768. The molecule has 1 aliphatic rings. The van der Waals surface area contributed by atoms with Crippen LogP contribution in [-0.2, 0) is 14.9 Å². The highest BCUT2D eigenvalue weighted by molar-refractivity contribution is 7.20. The van der Waals surface area contributed by atoms with Crippen molar-refractivity contribution in [3.63, 3.8) is 0 Å². The van der Waals surface area contributed by atoms with Crippen molar-refractivity contribution in [3.05, 3.63) is 94.5 Å². The molecule has 0 radical (unpaired) electrons. The zero-order valence-corrected chi connectivity index (χ0v) is 21.0. The predicted molar refractivity (Wildman–Crippen MR) is 142 cm³/mol. The maximum absolute atomic E-state index is 12.5. The van der Waals surface area contributed by atoms with Crippen molar-refractivity contribution in [2.75, 3.05) is 5.32 Å². The van der Waals surface area contributed by atoms with Gasteiger partial charge in [0.2, 0.25) is 0 Å². The van der Waals surface area contributed by atoms with E-state index in [2.05, 4.69) is 10.3 Å². The number of carboxylic acids is 1. The number of hydrogen-bond acceptors (Lipinski definition) is 5. The SMILES string of the molecule is C[C@@H](OC(=O)Nc1cc(Cl)sc1-c1ccc(-c2ccc(C3(C(=O)O)CC3)cc2)nc1)c1ccccc1. The monoisotopic (exact) mass is 518 g/mol. The molecular formula is C28H23ClN2O4S. The van der Waals surface area contributed by atoms with Crippen molar-refractivity contribution in [1.82, 2.24) is 4.98 Å². The van der Waals surface area contributed by atoms with Crippen LogP contribution in [0, 0.1) is 0 Å². The van der Waals surface area contributed by atoms with Crippen molar-refractivity contribution in [3.8, 4) is 21.7 Å². The first-order valence-electron chi connectivity index (χ1n) is 11.5. The summed E-state index contributed by atoms with van der Waals surface area (Å²) in [6.45, 7) is 1.82. The number of aromatic nitrogens is 1. The van der Waals surface area contributed by atoms with Gasteiger partial charge >= 0.3 is 12.1 Å². The molecule has 2 heterocycles. The zero-order chi connectivity index (χ0) is 25.3. The summed E-state index contributed by atoms with van der Waals surface area (Å²) in [5.74, 6) is -0.768. The number of halogens is 1. The maximum Gasteiger partial charge on any atom is 0.412 e. The first-order chi connectivity index (χ1) is 17.4. The van der Waals surface area contributed by atoms with E-state index in [9.17, 15) is 14.7 Å². The number of nitrogens with one attached hydrogen (secondary N) is 1. The number of anilines is 1. The van der Waals surface area contributed by atoms with E-state index in [0.717, 1.165) is 32.8 Å². The summed E-state index contributed by atoms with van der Waals surface area (Å²) in [5.41, 5.74) is 4.02. The minimum Gasteiger partial charge on any atom is -0.481 e. The van der Waals surface area contributed by atoms with Gasteiger partial charge in [-0.25, -0.2) is 4.79 Å². The molecular weight excluding hydrogens is 496 g/mol. The fourth-order valence-corrected chi connectivity index (χ4v) is 5.34. The number of nitrogens with zero attached hydrogens (tertiary/aromatic N) is 1. The topological polar surface area (TPSA) is 88.5 Å².